The molecule has 0 atom stereocenters. The maximum absolute atomic E-state index is 12.2. The maximum Gasteiger partial charge on any atom is 0.413 e. The number of hydrogen-bond acceptors (Lipinski definition) is 7. The molecule has 0 aliphatic carbocycles. The molecule has 2 aromatic heterocycles. The summed E-state index contributed by atoms with van der Waals surface area (Å²) in [5, 5.41) is 10.5. The second-order valence-corrected chi connectivity index (χ2v) is 8.07. The topological polar surface area (TPSA) is 128 Å². The minimum Gasteiger partial charge on any atom is -0.444 e. The average molecular weight is 416 g/mol. The van der Waals surface area contributed by atoms with E-state index in [1.54, 1.807) is 7.05 Å². The molecule has 2 N–H and O–H groups in total. The number of hydrogen-bond donors (Lipinski definition) is 2. The molecule has 0 aliphatic heterocycles. The van der Waals surface area contributed by atoms with E-state index in [2.05, 4.69) is 25.3 Å². The molecule has 10 nitrogen and oxygen atoms in total. The van der Waals surface area contributed by atoms with Crippen molar-refractivity contribution in [1.82, 2.24) is 24.7 Å². The molecule has 0 aliphatic rings. The second-order valence-electron chi connectivity index (χ2n) is 6.19. The van der Waals surface area contributed by atoms with E-state index in [0.29, 0.717) is 5.69 Å². The van der Waals surface area contributed by atoms with Gasteiger partial charge in [-0.2, -0.15) is 0 Å². The summed E-state index contributed by atoms with van der Waals surface area (Å²) in [6.45, 7) is 2.07. The van der Waals surface area contributed by atoms with Gasteiger partial charge in [0.2, 0.25) is 10.0 Å². The number of amides is 1. The van der Waals surface area contributed by atoms with Gasteiger partial charge in [-0.15, -0.1) is 5.10 Å². The SMILES string of the molecule is CNS(=O)(=O)c1ccc(-c2nnn(C)c2NC(=O)OCc2cccc(C)c2)nc1. The van der Waals surface area contributed by atoms with E-state index in [-0.39, 0.29) is 23.0 Å². The van der Waals surface area contributed by atoms with Gasteiger partial charge in [-0.3, -0.25) is 10.3 Å². The first kappa shape index (κ1) is 20.4. The number of benzene rings is 1. The largest absolute Gasteiger partial charge is 0.444 e. The van der Waals surface area contributed by atoms with Crippen molar-refractivity contribution >= 4 is 21.9 Å². The Morgan fingerprint density at radius 3 is 2.69 bits per heavy atom. The van der Waals surface area contributed by atoms with E-state index in [1.165, 1.54) is 30.1 Å². The Kier molecular flexibility index (Phi) is 5.89. The van der Waals surface area contributed by atoms with Crippen molar-refractivity contribution in [3.05, 3.63) is 53.7 Å². The number of nitrogens with zero attached hydrogens (tertiary/aromatic N) is 4. The highest BCUT2D eigenvalue weighted by molar-refractivity contribution is 7.89. The van der Waals surface area contributed by atoms with Crippen molar-refractivity contribution < 1.29 is 17.9 Å². The molecule has 0 fully saturated rings. The normalized spacial score (nSPS) is 11.3. The molecule has 0 spiro atoms. The third kappa shape index (κ3) is 4.76. The Bertz CT molecular complexity index is 1130. The number of nitrogens with one attached hydrogen (secondary N) is 2. The summed E-state index contributed by atoms with van der Waals surface area (Å²) in [6.07, 6.45) is 0.530. The number of aryl methyl sites for hydroxylation is 2. The summed E-state index contributed by atoms with van der Waals surface area (Å²) in [7, 11) is -0.682. The Hall–Kier alpha value is -3.31. The summed E-state index contributed by atoms with van der Waals surface area (Å²) in [5.41, 5.74) is 2.57. The third-order valence-electron chi connectivity index (χ3n) is 4.06. The number of carbonyl (C=O) groups excluding carboxylic acids is 1. The van der Waals surface area contributed by atoms with Crippen LogP contribution in [0.15, 0.2) is 47.5 Å². The number of pyridine rings is 1. The standard InChI is InChI=1S/C18H20N6O4S/c1-12-5-4-6-13(9-12)11-28-18(25)21-17-16(22-23-24(17)3)15-8-7-14(10-20-15)29(26,27)19-2/h4-10,19H,11H2,1-3H3,(H,21,25). The van der Waals surface area contributed by atoms with Crippen LogP contribution in [0.1, 0.15) is 11.1 Å². The van der Waals surface area contributed by atoms with Crippen LogP contribution in [0.5, 0.6) is 0 Å². The predicted molar refractivity (Wildman–Crippen MR) is 105 cm³/mol. The summed E-state index contributed by atoms with van der Waals surface area (Å²) in [4.78, 5) is 16.4. The smallest absolute Gasteiger partial charge is 0.413 e. The van der Waals surface area contributed by atoms with Crippen molar-refractivity contribution in [2.24, 2.45) is 7.05 Å². The van der Waals surface area contributed by atoms with Crippen LogP contribution in [0.3, 0.4) is 0 Å². The van der Waals surface area contributed by atoms with Gasteiger partial charge in [-0.25, -0.2) is 22.6 Å². The molecule has 0 saturated heterocycles. The average Bonchev–Trinajstić information content (AvgIpc) is 3.07. The van der Waals surface area contributed by atoms with Gasteiger partial charge < -0.3 is 4.74 Å². The minimum atomic E-state index is -3.60. The number of aromatic nitrogens is 4. The zero-order valence-electron chi connectivity index (χ0n) is 16.1. The molecule has 0 unspecified atom stereocenters. The number of ether oxygens (including phenoxy) is 1. The van der Waals surface area contributed by atoms with Crippen molar-refractivity contribution in [2.45, 2.75) is 18.4 Å². The van der Waals surface area contributed by atoms with Gasteiger partial charge >= 0.3 is 6.09 Å². The molecule has 11 heteroatoms. The van der Waals surface area contributed by atoms with Gasteiger partial charge in [-0.1, -0.05) is 35.0 Å². The van der Waals surface area contributed by atoms with E-state index in [4.69, 9.17) is 4.74 Å². The van der Waals surface area contributed by atoms with Crippen molar-refractivity contribution in [3.8, 4) is 11.4 Å². The lowest BCUT2D eigenvalue weighted by atomic mass is 10.1. The molecule has 152 valence electrons. The van der Waals surface area contributed by atoms with E-state index in [0.717, 1.165) is 11.1 Å². The maximum atomic E-state index is 12.2. The molecular weight excluding hydrogens is 396 g/mol. The van der Waals surface area contributed by atoms with E-state index >= 15 is 0 Å². The van der Waals surface area contributed by atoms with Crippen LogP contribution in [0.2, 0.25) is 0 Å². The first-order chi connectivity index (χ1) is 13.8. The monoisotopic (exact) mass is 416 g/mol. The minimum absolute atomic E-state index is 0.0136. The van der Waals surface area contributed by atoms with Crippen LogP contribution in [0.25, 0.3) is 11.4 Å². The molecule has 29 heavy (non-hydrogen) atoms. The summed E-state index contributed by atoms with van der Waals surface area (Å²) >= 11 is 0. The van der Waals surface area contributed by atoms with Gasteiger partial charge in [0.05, 0.1) is 5.69 Å². The molecule has 0 bridgehead atoms. The van der Waals surface area contributed by atoms with Crippen LogP contribution in [-0.2, 0) is 28.4 Å². The van der Waals surface area contributed by atoms with E-state index in [1.807, 2.05) is 31.2 Å². The van der Waals surface area contributed by atoms with Crippen molar-refractivity contribution in [2.75, 3.05) is 12.4 Å². The van der Waals surface area contributed by atoms with Crippen molar-refractivity contribution in [3.63, 3.8) is 0 Å². The fraction of sp³-hybridized carbons (Fsp3) is 0.222. The van der Waals surface area contributed by atoms with E-state index in [9.17, 15) is 13.2 Å². The zero-order valence-corrected chi connectivity index (χ0v) is 16.9. The number of carbonyl (C=O) groups is 1. The highest BCUT2D eigenvalue weighted by Gasteiger charge is 2.19. The number of sulfonamides is 1. The summed E-state index contributed by atoms with van der Waals surface area (Å²) < 4.78 is 32.5. The van der Waals surface area contributed by atoms with Gasteiger partial charge in [0, 0.05) is 13.2 Å². The van der Waals surface area contributed by atoms with Gasteiger partial charge in [0.25, 0.3) is 0 Å². The third-order valence-corrected chi connectivity index (χ3v) is 5.46. The molecule has 0 radical (unpaired) electrons. The quantitative estimate of drug-likeness (QED) is 0.627. The fourth-order valence-corrected chi connectivity index (χ4v) is 3.22. The highest BCUT2D eigenvalue weighted by Crippen LogP contribution is 2.24. The van der Waals surface area contributed by atoms with E-state index < -0.39 is 16.1 Å². The molecule has 0 saturated carbocycles. The van der Waals surface area contributed by atoms with Gasteiger partial charge in [0.1, 0.15) is 11.5 Å². The lowest BCUT2D eigenvalue weighted by molar-refractivity contribution is 0.155. The van der Waals surface area contributed by atoms with Crippen LogP contribution in [-0.4, -0.2) is 41.5 Å². The highest BCUT2D eigenvalue weighted by atomic mass is 32.2. The molecule has 1 amide bonds. The first-order valence-electron chi connectivity index (χ1n) is 8.59. The van der Waals surface area contributed by atoms with Crippen LogP contribution in [0, 0.1) is 6.92 Å². The molecular formula is C18H20N6O4S. The van der Waals surface area contributed by atoms with Crippen LogP contribution < -0.4 is 10.0 Å². The van der Waals surface area contributed by atoms with Crippen molar-refractivity contribution in [1.29, 1.82) is 0 Å². The molecule has 3 rings (SSSR count). The van der Waals surface area contributed by atoms with Gasteiger partial charge in [0.15, 0.2) is 11.5 Å². The lowest BCUT2D eigenvalue weighted by Gasteiger charge is -2.09. The Morgan fingerprint density at radius 1 is 1.24 bits per heavy atom. The molecule has 1 aromatic carbocycles. The Morgan fingerprint density at radius 2 is 2.03 bits per heavy atom. The second kappa shape index (κ2) is 8.37. The first-order valence-corrected chi connectivity index (χ1v) is 10.1. The number of anilines is 1. The summed E-state index contributed by atoms with van der Waals surface area (Å²) in [6, 6.07) is 10.5. The molecule has 3 aromatic rings. The lowest BCUT2D eigenvalue weighted by Crippen LogP contribution is -2.18. The zero-order chi connectivity index (χ0) is 21.0. The molecule has 2 heterocycles. The Balaban J connectivity index is 1.75. The number of rotatable bonds is 6. The fourth-order valence-electron chi connectivity index (χ4n) is 2.55. The predicted octanol–water partition coefficient (Wildman–Crippen LogP) is 1.84. The van der Waals surface area contributed by atoms with Crippen LogP contribution in [0.4, 0.5) is 10.6 Å². The van der Waals surface area contributed by atoms with Crippen LogP contribution >= 0.6 is 0 Å². The summed E-state index contributed by atoms with van der Waals surface area (Å²) in [5.74, 6) is 0.274. The van der Waals surface area contributed by atoms with Gasteiger partial charge in [-0.05, 0) is 31.7 Å². The Labute approximate surface area is 168 Å².